The summed E-state index contributed by atoms with van der Waals surface area (Å²) in [5.74, 6) is 0.855. The van der Waals surface area contributed by atoms with Crippen molar-refractivity contribution in [2.24, 2.45) is 11.7 Å². The average Bonchev–Trinajstić information content (AvgIpc) is 2.16. The van der Waals surface area contributed by atoms with E-state index in [-0.39, 0.29) is 0 Å². The number of hydrogen-bond donors (Lipinski definition) is 2. The van der Waals surface area contributed by atoms with Crippen LogP contribution in [0.15, 0.2) is 0 Å². The molecule has 1 unspecified atom stereocenters. The smallest absolute Gasteiger partial charge is 0.00488 e. The maximum absolute atomic E-state index is 5.54. The standard InChI is InChI=1S/C11H26N2/c1-3-9-13-10-5-6-11(4-2)7-8-12/h11,13H,3-10,12H2,1-2H3. The van der Waals surface area contributed by atoms with E-state index >= 15 is 0 Å². The summed E-state index contributed by atoms with van der Waals surface area (Å²) in [7, 11) is 0. The molecule has 0 fully saturated rings. The van der Waals surface area contributed by atoms with E-state index in [0.717, 1.165) is 19.0 Å². The molecule has 0 saturated heterocycles. The summed E-state index contributed by atoms with van der Waals surface area (Å²) >= 11 is 0. The van der Waals surface area contributed by atoms with Gasteiger partial charge in [0.15, 0.2) is 0 Å². The topological polar surface area (TPSA) is 38.0 Å². The van der Waals surface area contributed by atoms with Crippen LogP contribution in [0.25, 0.3) is 0 Å². The van der Waals surface area contributed by atoms with Gasteiger partial charge in [0.1, 0.15) is 0 Å². The summed E-state index contributed by atoms with van der Waals surface area (Å²) in [5.41, 5.74) is 5.54. The van der Waals surface area contributed by atoms with Gasteiger partial charge in [-0.15, -0.1) is 0 Å². The fourth-order valence-corrected chi connectivity index (χ4v) is 1.61. The van der Waals surface area contributed by atoms with Crippen molar-refractivity contribution in [3.63, 3.8) is 0 Å². The Bertz CT molecular complexity index is 94.1. The van der Waals surface area contributed by atoms with E-state index in [4.69, 9.17) is 5.73 Å². The van der Waals surface area contributed by atoms with Crippen molar-refractivity contribution >= 4 is 0 Å². The lowest BCUT2D eigenvalue weighted by Crippen LogP contribution is -2.17. The zero-order valence-corrected chi connectivity index (χ0v) is 9.31. The Morgan fingerprint density at radius 3 is 2.46 bits per heavy atom. The van der Waals surface area contributed by atoms with Gasteiger partial charge in [0.05, 0.1) is 0 Å². The molecule has 0 aromatic carbocycles. The van der Waals surface area contributed by atoms with Gasteiger partial charge in [-0.2, -0.15) is 0 Å². The molecule has 1 atom stereocenters. The van der Waals surface area contributed by atoms with Gasteiger partial charge in [-0.25, -0.2) is 0 Å². The zero-order chi connectivity index (χ0) is 9.94. The summed E-state index contributed by atoms with van der Waals surface area (Å²) in [6.45, 7) is 7.65. The molecule has 0 heterocycles. The van der Waals surface area contributed by atoms with Gasteiger partial charge < -0.3 is 11.1 Å². The summed E-state index contributed by atoms with van der Waals surface area (Å²) in [4.78, 5) is 0. The van der Waals surface area contributed by atoms with Crippen molar-refractivity contribution in [1.82, 2.24) is 5.32 Å². The van der Waals surface area contributed by atoms with Crippen LogP contribution >= 0.6 is 0 Å². The first-order valence-corrected chi connectivity index (χ1v) is 5.75. The number of hydrogen-bond acceptors (Lipinski definition) is 2. The van der Waals surface area contributed by atoms with Gasteiger partial charge in [0.25, 0.3) is 0 Å². The lowest BCUT2D eigenvalue weighted by molar-refractivity contribution is 0.422. The lowest BCUT2D eigenvalue weighted by atomic mass is 9.97. The minimum Gasteiger partial charge on any atom is -0.330 e. The van der Waals surface area contributed by atoms with E-state index in [1.165, 1.54) is 38.6 Å². The molecule has 13 heavy (non-hydrogen) atoms. The predicted octanol–water partition coefficient (Wildman–Crippen LogP) is 2.14. The molecule has 0 aromatic heterocycles. The molecule has 0 aromatic rings. The first-order valence-electron chi connectivity index (χ1n) is 5.75. The van der Waals surface area contributed by atoms with Gasteiger partial charge in [0, 0.05) is 0 Å². The summed E-state index contributed by atoms with van der Waals surface area (Å²) in [5, 5.41) is 3.43. The molecule has 0 saturated carbocycles. The quantitative estimate of drug-likeness (QED) is 0.541. The van der Waals surface area contributed by atoms with E-state index < -0.39 is 0 Å². The highest BCUT2D eigenvalue weighted by Gasteiger charge is 2.03. The first kappa shape index (κ1) is 12.9. The van der Waals surface area contributed by atoms with E-state index in [1.807, 2.05) is 0 Å². The van der Waals surface area contributed by atoms with E-state index in [0.29, 0.717) is 0 Å². The third kappa shape index (κ3) is 8.26. The third-order valence-corrected chi connectivity index (χ3v) is 2.54. The van der Waals surface area contributed by atoms with Crippen molar-refractivity contribution in [1.29, 1.82) is 0 Å². The van der Waals surface area contributed by atoms with Crippen LogP contribution in [0.2, 0.25) is 0 Å². The second-order valence-corrected chi connectivity index (χ2v) is 3.74. The largest absolute Gasteiger partial charge is 0.330 e. The fraction of sp³-hybridized carbons (Fsp3) is 1.00. The molecule has 0 amide bonds. The number of rotatable bonds is 9. The van der Waals surface area contributed by atoms with Crippen LogP contribution in [0.4, 0.5) is 0 Å². The monoisotopic (exact) mass is 186 g/mol. The first-order chi connectivity index (χ1) is 6.35. The Labute approximate surface area is 83.3 Å². The molecule has 2 nitrogen and oxygen atoms in total. The van der Waals surface area contributed by atoms with Gasteiger partial charge >= 0.3 is 0 Å². The summed E-state index contributed by atoms with van der Waals surface area (Å²) in [6, 6.07) is 0. The third-order valence-electron chi connectivity index (χ3n) is 2.54. The van der Waals surface area contributed by atoms with Crippen molar-refractivity contribution in [3.05, 3.63) is 0 Å². The van der Waals surface area contributed by atoms with Gasteiger partial charge in [-0.05, 0) is 51.2 Å². The van der Waals surface area contributed by atoms with Crippen molar-refractivity contribution in [3.8, 4) is 0 Å². The van der Waals surface area contributed by atoms with Crippen LogP contribution in [0, 0.1) is 5.92 Å². The highest BCUT2D eigenvalue weighted by atomic mass is 14.8. The minimum absolute atomic E-state index is 0.848. The second-order valence-electron chi connectivity index (χ2n) is 3.74. The van der Waals surface area contributed by atoms with Crippen LogP contribution in [0.3, 0.4) is 0 Å². The molecule has 0 aliphatic rings. The Morgan fingerprint density at radius 1 is 1.15 bits per heavy atom. The van der Waals surface area contributed by atoms with Gasteiger partial charge in [0.2, 0.25) is 0 Å². The van der Waals surface area contributed by atoms with Crippen LogP contribution < -0.4 is 11.1 Å². The van der Waals surface area contributed by atoms with Gasteiger partial charge in [-0.3, -0.25) is 0 Å². The zero-order valence-electron chi connectivity index (χ0n) is 9.31. The number of nitrogens with one attached hydrogen (secondary N) is 1. The molecule has 0 bridgehead atoms. The Balaban J connectivity index is 3.17. The Morgan fingerprint density at radius 2 is 1.92 bits per heavy atom. The highest BCUT2D eigenvalue weighted by molar-refractivity contribution is 4.59. The van der Waals surface area contributed by atoms with E-state index in [1.54, 1.807) is 0 Å². The maximum atomic E-state index is 5.54. The maximum Gasteiger partial charge on any atom is -0.00488 e. The minimum atomic E-state index is 0.848. The second kappa shape index (κ2) is 10.0. The van der Waals surface area contributed by atoms with Crippen LogP contribution in [0.5, 0.6) is 0 Å². The van der Waals surface area contributed by atoms with Crippen LogP contribution in [0.1, 0.15) is 46.0 Å². The molecule has 80 valence electrons. The molecule has 0 spiro atoms. The lowest BCUT2D eigenvalue weighted by Gasteiger charge is -2.13. The van der Waals surface area contributed by atoms with Crippen LogP contribution in [-0.4, -0.2) is 19.6 Å². The SMILES string of the molecule is CCCNCCCC(CC)CCN. The van der Waals surface area contributed by atoms with Crippen molar-refractivity contribution in [2.75, 3.05) is 19.6 Å². The van der Waals surface area contributed by atoms with Crippen LogP contribution in [-0.2, 0) is 0 Å². The summed E-state index contributed by atoms with van der Waals surface area (Å²) < 4.78 is 0. The molecular weight excluding hydrogens is 160 g/mol. The fourth-order valence-electron chi connectivity index (χ4n) is 1.61. The molecular formula is C11H26N2. The normalized spacial score (nSPS) is 13.2. The van der Waals surface area contributed by atoms with Gasteiger partial charge in [-0.1, -0.05) is 20.3 Å². The molecule has 3 N–H and O–H groups in total. The average molecular weight is 186 g/mol. The van der Waals surface area contributed by atoms with E-state index in [2.05, 4.69) is 19.2 Å². The molecule has 0 radical (unpaired) electrons. The highest BCUT2D eigenvalue weighted by Crippen LogP contribution is 2.13. The Hall–Kier alpha value is -0.0800. The molecule has 0 rings (SSSR count). The number of nitrogens with two attached hydrogens (primary N) is 1. The van der Waals surface area contributed by atoms with Crippen molar-refractivity contribution in [2.45, 2.75) is 46.0 Å². The molecule has 2 heteroatoms. The summed E-state index contributed by atoms with van der Waals surface area (Å²) in [6.07, 6.45) is 6.36. The van der Waals surface area contributed by atoms with E-state index in [9.17, 15) is 0 Å². The predicted molar refractivity (Wildman–Crippen MR) is 59.8 cm³/mol. The molecule has 0 aliphatic heterocycles. The van der Waals surface area contributed by atoms with Crippen molar-refractivity contribution < 1.29 is 0 Å². The Kier molecular flexibility index (Phi) is 9.94. The molecule has 0 aliphatic carbocycles.